The minimum atomic E-state index is 0.419. The second-order valence-electron chi connectivity index (χ2n) is 5.07. The Bertz CT molecular complexity index is 181. The third kappa shape index (κ3) is 2.39. The molecule has 86 valence electrons. The average molecular weight is 286 g/mol. The van der Waals surface area contributed by atoms with Crippen molar-refractivity contribution in [3.05, 3.63) is 0 Å². The Morgan fingerprint density at radius 1 is 1.14 bits per heavy atom. The normalized spacial score (nSPS) is 44.4. The molecule has 0 aromatic carbocycles. The molecule has 0 N–H and O–H groups in total. The van der Waals surface area contributed by atoms with Gasteiger partial charge in [0.15, 0.2) is 0 Å². The van der Waals surface area contributed by atoms with Crippen molar-refractivity contribution in [1.82, 2.24) is 0 Å². The molecule has 1 nitrogen and oxygen atoms in total. The van der Waals surface area contributed by atoms with Gasteiger partial charge in [-0.1, -0.05) is 0 Å². The van der Waals surface area contributed by atoms with Gasteiger partial charge in [0, 0.05) is 0 Å². The van der Waals surface area contributed by atoms with Crippen molar-refractivity contribution in [3.8, 4) is 0 Å². The molecule has 0 aliphatic carbocycles. The second-order valence-corrected chi connectivity index (χ2v) is 5.74. The van der Waals surface area contributed by atoms with Gasteiger partial charge < -0.3 is 0 Å². The Labute approximate surface area is 98.7 Å². The summed E-state index contributed by atoms with van der Waals surface area (Å²) >= 11 is 3.08. The number of hydrogen-bond donors (Lipinski definition) is 0. The SMILES string of the molecule is CC(C)C1OC(C)C(C)C(C)C1[CH2][Rh]. The fourth-order valence-electron chi connectivity index (χ4n) is 2.44. The fraction of sp³-hybridized carbons (Fsp3) is 1.00. The molecule has 1 saturated heterocycles. The van der Waals surface area contributed by atoms with Crippen molar-refractivity contribution >= 4 is 0 Å². The van der Waals surface area contributed by atoms with Gasteiger partial charge in [0.2, 0.25) is 0 Å². The zero-order valence-electron chi connectivity index (χ0n) is 9.91. The van der Waals surface area contributed by atoms with E-state index in [9.17, 15) is 0 Å². The van der Waals surface area contributed by atoms with E-state index in [1.54, 1.807) is 0 Å². The van der Waals surface area contributed by atoms with Crippen LogP contribution in [0.25, 0.3) is 0 Å². The van der Waals surface area contributed by atoms with E-state index in [-0.39, 0.29) is 0 Å². The molecule has 1 aliphatic rings. The van der Waals surface area contributed by atoms with Crippen molar-refractivity contribution < 1.29 is 23.0 Å². The van der Waals surface area contributed by atoms with Crippen LogP contribution in [0.4, 0.5) is 0 Å². The average Bonchev–Trinajstić information content (AvgIpc) is 2.13. The van der Waals surface area contributed by atoms with E-state index in [4.69, 9.17) is 4.74 Å². The van der Waals surface area contributed by atoms with Crippen LogP contribution < -0.4 is 0 Å². The van der Waals surface area contributed by atoms with E-state index in [1.165, 1.54) is 0 Å². The van der Waals surface area contributed by atoms with Crippen LogP contribution in [0.1, 0.15) is 34.6 Å². The zero-order valence-corrected chi connectivity index (χ0v) is 11.6. The Balaban J connectivity index is 2.76. The quantitative estimate of drug-likeness (QED) is 0.708. The fourth-order valence-corrected chi connectivity index (χ4v) is 3.43. The van der Waals surface area contributed by atoms with Crippen LogP contribution in [0.3, 0.4) is 0 Å². The van der Waals surface area contributed by atoms with E-state index >= 15 is 0 Å². The summed E-state index contributed by atoms with van der Waals surface area (Å²) in [5, 5.41) is 1.14. The molecule has 1 rings (SSSR count). The van der Waals surface area contributed by atoms with Crippen LogP contribution in [0, 0.1) is 23.7 Å². The summed E-state index contributed by atoms with van der Waals surface area (Å²) in [6.07, 6.45) is 0.864. The van der Waals surface area contributed by atoms with E-state index in [0.717, 1.165) is 10.9 Å². The summed E-state index contributed by atoms with van der Waals surface area (Å²) in [6.45, 7) is 11.4. The van der Waals surface area contributed by atoms with Crippen LogP contribution >= 0.6 is 0 Å². The Morgan fingerprint density at radius 3 is 2.14 bits per heavy atom. The maximum atomic E-state index is 6.12. The molecule has 0 bridgehead atoms. The number of hydrogen-bond acceptors (Lipinski definition) is 1. The van der Waals surface area contributed by atoms with Crippen molar-refractivity contribution in [1.29, 1.82) is 0 Å². The van der Waals surface area contributed by atoms with Gasteiger partial charge in [0.05, 0.1) is 0 Å². The minimum absolute atomic E-state index is 0.419. The molecule has 0 amide bonds. The molecule has 1 fully saturated rings. The summed E-state index contributed by atoms with van der Waals surface area (Å²) in [5.74, 6) is 2.80. The predicted octanol–water partition coefficient (Wildman–Crippen LogP) is 3.28. The van der Waals surface area contributed by atoms with Crippen LogP contribution in [-0.2, 0) is 23.0 Å². The molecule has 14 heavy (non-hydrogen) atoms. The third-order valence-corrected chi connectivity index (χ3v) is 4.63. The molecular weight excluding hydrogens is 263 g/mol. The Morgan fingerprint density at radius 2 is 1.71 bits per heavy atom. The summed E-state index contributed by atoms with van der Waals surface area (Å²) in [5.41, 5.74) is 0. The molecule has 0 aromatic heterocycles. The van der Waals surface area contributed by atoms with Crippen molar-refractivity contribution in [3.63, 3.8) is 0 Å². The van der Waals surface area contributed by atoms with E-state index in [1.807, 2.05) is 0 Å². The Hall–Kier alpha value is 0.583. The van der Waals surface area contributed by atoms with Gasteiger partial charge in [-0.25, -0.2) is 0 Å². The van der Waals surface area contributed by atoms with E-state index < -0.39 is 0 Å². The van der Waals surface area contributed by atoms with Gasteiger partial charge >= 0.3 is 98.6 Å². The van der Waals surface area contributed by atoms with Gasteiger partial charge in [-0.15, -0.1) is 0 Å². The van der Waals surface area contributed by atoms with Crippen molar-refractivity contribution in [2.75, 3.05) is 0 Å². The first-order valence-corrected chi connectivity index (χ1v) is 6.83. The summed E-state index contributed by atoms with van der Waals surface area (Å²) in [4.78, 5) is 0. The Kier molecular flexibility index (Phi) is 4.59. The van der Waals surface area contributed by atoms with Crippen LogP contribution in [-0.4, -0.2) is 12.2 Å². The molecule has 0 aromatic rings. The number of rotatable bonds is 2. The van der Waals surface area contributed by atoms with Gasteiger partial charge in [-0.05, 0) is 0 Å². The molecule has 0 radical (unpaired) electrons. The molecular formula is C12H23ORh. The third-order valence-electron chi connectivity index (χ3n) is 3.85. The van der Waals surface area contributed by atoms with Crippen molar-refractivity contribution in [2.45, 2.75) is 51.8 Å². The standard InChI is InChI=1S/C12H23O.Rh/c1-7(2)12-10(5)8(3)9(4)11(6)13-12;/h7-12H,5H2,1-4,6H3;. The van der Waals surface area contributed by atoms with Crippen LogP contribution in [0.2, 0.25) is 5.02 Å². The second kappa shape index (κ2) is 5.08. The van der Waals surface area contributed by atoms with Gasteiger partial charge in [-0.3, -0.25) is 0 Å². The first kappa shape index (κ1) is 12.7. The summed E-state index contributed by atoms with van der Waals surface area (Å²) < 4.78 is 6.12. The molecule has 5 atom stereocenters. The van der Waals surface area contributed by atoms with Crippen LogP contribution in [0.5, 0.6) is 0 Å². The molecule has 1 aliphatic heterocycles. The van der Waals surface area contributed by atoms with Gasteiger partial charge in [0.25, 0.3) is 0 Å². The number of ether oxygens (including phenoxy) is 1. The first-order chi connectivity index (χ1) is 6.49. The van der Waals surface area contributed by atoms with Gasteiger partial charge in [0.1, 0.15) is 0 Å². The molecule has 0 spiro atoms. The summed E-state index contributed by atoms with van der Waals surface area (Å²) in [7, 11) is 0. The predicted molar refractivity (Wildman–Crippen MR) is 55.8 cm³/mol. The molecule has 0 saturated carbocycles. The first-order valence-electron chi connectivity index (χ1n) is 5.67. The topological polar surface area (TPSA) is 9.23 Å². The molecule has 5 unspecified atom stereocenters. The zero-order chi connectivity index (χ0) is 10.9. The monoisotopic (exact) mass is 286 g/mol. The summed E-state index contributed by atoms with van der Waals surface area (Å²) in [6, 6.07) is 0. The van der Waals surface area contributed by atoms with E-state index in [2.05, 4.69) is 52.9 Å². The van der Waals surface area contributed by atoms with Crippen molar-refractivity contribution in [2.24, 2.45) is 23.7 Å². The van der Waals surface area contributed by atoms with E-state index in [0.29, 0.717) is 30.0 Å². The maximum absolute atomic E-state index is 6.12. The molecule has 2 heteroatoms. The van der Waals surface area contributed by atoms with Gasteiger partial charge in [-0.2, -0.15) is 0 Å². The molecule has 1 heterocycles. The van der Waals surface area contributed by atoms with Crippen LogP contribution in [0.15, 0.2) is 0 Å².